The average molecular weight is 414 g/mol. The highest BCUT2D eigenvalue weighted by Gasteiger charge is 2.30. The van der Waals surface area contributed by atoms with E-state index in [1.165, 1.54) is 32.1 Å². The Bertz CT molecular complexity index is 728. The first-order valence-corrected chi connectivity index (χ1v) is 11.3. The molecular formula is C24H35N3O3. The van der Waals surface area contributed by atoms with Crippen molar-refractivity contribution >= 4 is 17.9 Å². The molecule has 6 heteroatoms. The number of rotatable bonds is 10. The van der Waals surface area contributed by atoms with Gasteiger partial charge in [-0.1, -0.05) is 56.0 Å². The number of methoxy groups -OCH3 is 1. The number of amides is 2. The Kier molecular flexibility index (Phi) is 8.75. The lowest BCUT2D eigenvalue weighted by Crippen LogP contribution is -2.56. The maximum absolute atomic E-state index is 12.4. The van der Waals surface area contributed by atoms with Crippen molar-refractivity contribution in [3.05, 3.63) is 35.9 Å². The van der Waals surface area contributed by atoms with Crippen LogP contribution in [0.15, 0.2) is 30.3 Å². The largest absolute Gasteiger partial charge is 0.496 e. The summed E-state index contributed by atoms with van der Waals surface area (Å²) in [6, 6.07) is 7.41. The molecule has 0 spiro atoms. The van der Waals surface area contributed by atoms with E-state index in [0.717, 1.165) is 30.2 Å². The maximum Gasteiger partial charge on any atom is 0.237 e. The Hall–Kier alpha value is -2.34. The summed E-state index contributed by atoms with van der Waals surface area (Å²) in [6.45, 7) is 2.67. The van der Waals surface area contributed by atoms with Crippen LogP contribution in [0.2, 0.25) is 0 Å². The molecule has 1 aromatic carbocycles. The number of hydrogen-bond acceptors (Lipinski definition) is 4. The summed E-state index contributed by atoms with van der Waals surface area (Å²) in [4.78, 5) is 26.9. The minimum absolute atomic E-state index is 0.0396. The Morgan fingerprint density at radius 3 is 2.90 bits per heavy atom. The van der Waals surface area contributed by atoms with Gasteiger partial charge in [0.25, 0.3) is 0 Å². The number of benzene rings is 1. The molecule has 1 aromatic rings. The molecule has 2 aliphatic rings. The summed E-state index contributed by atoms with van der Waals surface area (Å²) in [6.07, 6.45) is 11.9. The predicted molar refractivity (Wildman–Crippen MR) is 119 cm³/mol. The van der Waals surface area contributed by atoms with Gasteiger partial charge in [0.15, 0.2) is 0 Å². The van der Waals surface area contributed by atoms with Crippen LogP contribution in [0, 0.1) is 5.92 Å². The van der Waals surface area contributed by atoms with Gasteiger partial charge in [-0.15, -0.1) is 0 Å². The number of nitrogens with one attached hydrogen (secondary N) is 2. The first kappa shape index (κ1) is 22.3. The number of hydrogen-bond donors (Lipinski definition) is 2. The highest BCUT2D eigenvalue weighted by Crippen LogP contribution is 2.28. The second kappa shape index (κ2) is 11.7. The van der Waals surface area contributed by atoms with Crippen molar-refractivity contribution in [2.75, 3.05) is 33.3 Å². The zero-order chi connectivity index (χ0) is 21.2. The van der Waals surface area contributed by atoms with E-state index in [4.69, 9.17) is 4.74 Å². The van der Waals surface area contributed by atoms with Gasteiger partial charge in [-0.2, -0.15) is 0 Å². The minimum Gasteiger partial charge on any atom is -0.496 e. The van der Waals surface area contributed by atoms with Gasteiger partial charge in [-0.3, -0.25) is 14.5 Å². The molecule has 1 saturated carbocycles. The molecule has 0 radical (unpaired) electrons. The van der Waals surface area contributed by atoms with Crippen LogP contribution in [-0.2, 0) is 9.59 Å². The van der Waals surface area contributed by atoms with E-state index in [1.54, 1.807) is 7.11 Å². The molecule has 164 valence electrons. The molecule has 0 bridgehead atoms. The van der Waals surface area contributed by atoms with E-state index in [1.807, 2.05) is 36.4 Å². The molecule has 6 nitrogen and oxygen atoms in total. The first-order chi connectivity index (χ1) is 14.7. The molecule has 1 heterocycles. The molecule has 2 fully saturated rings. The quantitative estimate of drug-likeness (QED) is 0.579. The highest BCUT2D eigenvalue weighted by atomic mass is 16.5. The van der Waals surface area contributed by atoms with Crippen LogP contribution in [0.4, 0.5) is 0 Å². The monoisotopic (exact) mass is 413 g/mol. The van der Waals surface area contributed by atoms with Gasteiger partial charge in [-0.25, -0.2) is 0 Å². The van der Waals surface area contributed by atoms with Crippen molar-refractivity contribution in [1.29, 1.82) is 0 Å². The second-order valence-electron chi connectivity index (χ2n) is 8.29. The van der Waals surface area contributed by atoms with Crippen LogP contribution in [0.5, 0.6) is 5.75 Å². The summed E-state index contributed by atoms with van der Waals surface area (Å²) >= 11 is 0. The summed E-state index contributed by atoms with van der Waals surface area (Å²) in [5.41, 5.74) is 0.998. The predicted octanol–water partition coefficient (Wildman–Crippen LogP) is 2.99. The SMILES string of the molecule is COc1ccccc1/C=C/CN1CCNC(=O)C1CC(=O)NCCCC1CCCC1. The van der Waals surface area contributed by atoms with Crippen molar-refractivity contribution in [3.8, 4) is 5.75 Å². The van der Waals surface area contributed by atoms with Crippen molar-refractivity contribution in [2.45, 2.75) is 51.0 Å². The standard InChI is InChI=1S/C24H35N3O3/c1-30-22-13-5-4-11-20(22)12-7-16-27-17-15-26-24(29)21(27)18-23(28)25-14-6-10-19-8-2-3-9-19/h4-5,7,11-13,19,21H,2-3,6,8-10,14-18H2,1H3,(H,25,28)(H,26,29)/b12-7+. The van der Waals surface area contributed by atoms with E-state index in [0.29, 0.717) is 19.6 Å². The van der Waals surface area contributed by atoms with Gasteiger partial charge in [0.05, 0.1) is 19.6 Å². The van der Waals surface area contributed by atoms with Crippen LogP contribution < -0.4 is 15.4 Å². The van der Waals surface area contributed by atoms with E-state index in [2.05, 4.69) is 15.5 Å². The number of piperazine rings is 1. The number of nitrogens with zero attached hydrogens (tertiary/aromatic N) is 1. The fraction of sp³-hybridized carbons (Fsp3) is 0.583. The Morgan fingerprint density at radius 1 is 1.30 bits per heavy atom. The minimum atomic E-state index is -0.420. The maximum atomic E-state index is 12.4. The summed E-state index contributed by atoms with van der Waals surface area (Å²) in [7, 11) is 1.66. The smallest absolute Gasteiger partial charge is 0.237 e. The Labute approximate surface area is 180 Å². The fourth-order valence-electron chi connectivity index (χ4n) is 4.49. The van der Waals surface area contributed by atoms with Crippen molar-refractivity contribution < 1.29 is 14.3 Å². The second-order valence-corrected chi connectivity index (χ2v) is 8.29. The number of carbonyl (C=O) groups excluding carboxylic acids is 2. The number of carbonyl (C=O) groups is 2. The molecule has 0 aromatic heterocycles. The molecule has 2 N–H and O–H groups in total. The molecule has 2 amide bonds. The summed E-state index contributed by atoms with van der Waals surface area (Å²) < 4.78 is 5.38. The van der Waals surface area contributed by atoms with Crippen LogP contribution in [0.3, 0.4) is 0 Å². The van der Waals surface area contributed by atoms with Gasteiger partial charge in [0.2, 0.25) is 11.8 Å². The lowest BCUT2D eigenvalue weighted by atomic mass is 10.0. The Morgan fingerprint density at radius 2 is 2.10 bits per heavy atom. The molecule has 3 rings (SSSR count). The van der Waals surface area contributed by atoms with Crippen LogP contribution in [0.25, 0.3) is 6.08 Å². The molecule has 1 atom stereocenters. The molecule has 1 aliphatic heterocycles. The van der Waals surface area contributed by atoms with Crippen LogP contribution in [0.1, 0.15) is 50.5 Å². The van der Waals surface area contributed by atoms with E-state index >= 15 is 0 Å². The van der Waals surface area contributed by atoms with E-state index < -0.39 is 6.04 Å². The van der Waals surface area contributed by atoms with Gasteiger partial charge in [-0.05, 0) is 24.8 Å². The molecular weight excluding hydrogens is 378 g/mol. The normalized spacial score (nSPS) is 20.4. The summed E-state index contributed by atoms with van der Waals surface area (Å²) in [5, 5.41) is 5.91. The van der Waals surface area contributed by atoms with Gasteiger partial charge < -0.3 is 15.4 Å². The van der Waals surface area contributed by atoms with Crippen LogP contribution in [-0.4, -0.2) is 56.0 Å². The van der Waals surface area contributed by atoms with Gasteiger partial charge >= 0.3 is 0 Å². The van der Waals surface area contributed by atoms with E-state index in [9.17, 15) is 9.59 Å². The lowest BCUT2D eigenvalue weighted by Gasteiger charge is -2.33. The third-order valence-electron chi connectivity index (χ3n) is 6.18. The van der Waals surface area contributed by atoms with Crippen molar-refractivity contribution in [3.63, 3.8) is 0 Å². The molecule has 1 saturated heterocycles. The first-order valence-electron chi connectivity index (χ1n) is 11.3. The zero-order valence-corrected chi connectivity index (χ0v) is 18.1. The molecule has 1 aliphatic carbocycles. The zero-order valence-electron chi connectivity index (χ0n) is 18.1. The summed E-state index contributed by atoms with van der Waals surface area (Å²) in [5.74, 6) is 1.56. The van der Waals surface area contributed by atoms with Crippen molar-refractivity contribution in [2.24, 2.45) is 5.92 Å². The Balaban J connectivity index is 1.46. The molecule has 1 unspecified atom stereocenters. The third-order valence-corrected chi connectivity index (χ3v) is 6.18. The van der Waals surface area contributed by atoms with E-state index in [-0.39, 0.29) is 18.2 Å². The highest BCUT2D eigenvalue weighted by molar-refractivity contribution is 5.88. The average Bonchev–Trinajstić information content (AvgIpc) is 3.27. The fourth-order valence-corrected chi connectivity index (χ4v) is 4.49. The number of ether oxygens (including phenoxy) is 1. The topological polar surface area (TPSA) is 70.7 Å². The lowest BCUT2D eigenvalue weighted by molar-refractivity contribution is -0.133. The molecule has 30 heavy (non-hydrogen) atoms. The third kappa shape index (κ3) is 6.59. The van der Waals surface area contributed by atoms with Gasteiger partial charge in [0.1, 0.15) is 5.75 Å². The van der Waals surface area contributed by atoms with Crippen LogP contribution >= 0.6 is 0 Å². The van der Waals surface area contributed by atoms with Gasteiger partial charge in [0, 0.05) is 31.7 Å². The van der Waals surface area contributed by atoms with Crippen molar-refractivity contribution in [1.82, 2.24) is 15.5 Å². The number of para-hydroxylation sites is 1.